The van der Waals surface area contributed by atoms with E-state index in [1.165, 1.54) is 25.0 Å². The number of likely N-dealkylation sites (tertiary alicyclic amines) is 1. The Balaban J connectivity index is 1.55. The average Bonchev–Trinajstić information content (AvgIpc) is 3.68. The van der Waals surface area contributed by atoms with Gasteiger partial charge >= 0.3 is 0 Å². The molecule has 0 aromatic heterocycles. The van der Waals surface area contributed by atoms with Crippen molar-refractivity contribution in [1.82, 2.24) is 15.5 Å². The largest absolute Gasteiger partial charge is 0.508 e. The number of aliphatic hydroxyl groups excluding tert-OH is 4. The molecule has 2 saturated heterocycles. The number of fused-ring (bicyclic) bond motifs is 1. The van der Waals surface area contributed by atoms with Gasteiger partial charge in [-0.1, -0.05) is 57.6 Å². The number of aromatic hydroxyl groups is 1. The minimum Gasteiger partial charge on any atom is -0.508 e. The smallest absolute Gasteiger partial charge is 0.246 e. The van der Waals surface area contributed by atoms with Crippen LogP contribution in [-0.4, -0.2) is 129 Å². The van der Waals surface area contributed by atoms with Crippen molar-refractivity contribution in [2.24, 2.45) is 22.4 Å². The highest BCUT2D eigenvalue weighted by atomic mass is 16.7. The summed E-state index contributed by atoms with van der Waals surface area (Å²) >= 11 is 0. The quantitative estimate of drug-likeness (QED) is 0.0448. The molecule has 2 heterocycles. The van der Waals surface area contributed by atoms with Crippen LogP contribution in [0.1, 0.15) is 102 Å². The summed E-state index contributed by atoms with van der Waals surface area (Å²) in [5, 5.41) is 56.4. The summed E-state index contributed by atoms with van der Waals surface area (Å²) in [5.74, 6) is -1.20. The number of nitrogens with zero attached hydrogens (tertiary/aromatic N) is 2. The number of unbranched alkanes of at least 4 members (excludes halogenated alkanes) is 6. The zero-order valence-corrected chi connectivity index (χ0v) is 32.1. The van der Waals surface area contributed by atoms with Crippen molar-refractivity contribution < 1.29 is 49.4 Å². The van der Waals surface area contributed by atoms with Crippen molar-refractivity contribution in [3.05, 3.63) is 29.8 Å². The zero-order chi connectivity index (χ0) is 39.9. The lowest BCUT2D eigenvalue weighted by molar-refractivity contribution is -0.202. The number of carbonyl (C=O) groups excluding carboxylic acids is 3. The van der Waals surface area contributed by atoms with Gasteiger partial charge in [0.1, 0.15) is 36.1 Å². The summed E-state index contributed by atoms with van der Waals surface area (Å²) in [6.07, 6.45) is 4.91. The lowest BCUT2D eigenvalue weighted by Crippen LogP contribution is -2.58. The highest BCUT2D eigenvalue weighted by molar-refractivity contribution is 5.93. The number of guanidine groups is 1. The van der Waals surface area contributed by atoms with Gasteiger partial charge in [-0.15, -0.1) is 0 Å². The van der Waals surface area contributed by atoms with Gasteiger partial charge in [-0.25, -0.2) is 0 Å². The topological polar surface area (TPSA) is 263 Å². The van der Waals surface area contributed by atoms with Crippen molar-refractivity contribution in [3.63, 3.8) is 0 Å². The molecule has 1 aromatic rings. The first kappa shape index (κ1) is 44.2. The number of hydrogen-bond donors (Lipinski definition) is 9. The predicted molar refractivity (Wildman–Crippen MR) is 204 cm³/mol. The molecule has 4 rings (SSSR count). The molecule has 55 heavy (non-hydrogen) atoms. The third kappa shape index (κ3) is 13.0. The Kier molecular flexibility index (Phi) is 17.9. The molecule has 11 N–H and O–H groups in total. The molecule has 3 fully saturated rings. The molecule has 0 spiro atoms. The van der Waals surface area contributed by atoms with E-state index in [1.807, 2.05) is 0 Å². The molecule has 1 aromatic carbocycles. The predicted octanol–water partition coefficient (Wildman–Crippen LogP) is 0.685. The molecule has 16 nitrogen and oxygen atoms in total. The van der Waals surface area contributed by atoms with Gasteiger partial charge in [0.05, 0.1) is 25.4 Å². The highest BCUT2D eigenvalue weighted by Crippen LogP contribution is 2.42. The normalized spacial score (nSPS) is 27.3. The molecule has 16 heteroatoms. The van der Waals surface area contributed by atoms with Gasteiger partial charge in [-0.2, -0.15) is 0 Å². The van der Waals surface area contributed by atoms with Gasteiger partial charge in [0.2, 0.25) is 17.7 Å². The number of amides is 3. The Bertz CT molecular complexity index is 1380. The van der Waals surface area contributed by atoms with E-state index in [1.54, 1.807) is 17.0 Å². The molecule has 10 atom stereocenters. The second-order valence-corrected chi connectivity index (χ2v) is 15.3. The average molecular weight is 777 g/mol. The molecule has 3 aliphatic rings. The minimum absolute atomic E-state index is 0.0515. The van der Waals surface area contributed by atoms with E-state index < -0.39 is 73.3 Å². The van der Waals surface area contributed by atoms with E-state index in [-0.39, 0.29) is 43.0 Å². The van der Waals surface area contributed by atoms with Crippen LogP contribution in [0, 0.1) is 5.92 Å². The number of phenols is 1. The fourth-order valence-corrected chi connectivity index (χ4v) is 8.07. The Morgan fingerprint density at radius 2 is 1.67 bits per heavy atom. The second kappa shape index (κ2) is 22.3. The molecular formula is C39H64N6O10. The summed E-state index contributed by atoms with van der Waals surface area (Å²) in [7, 11) is 0. The molecule has 310 valence electrons. The number of carbonyl (C=O) groups is 3. The second-order valence-electron chi connectivity index (χ2n) is 15.3. The third-order valence-corrected chi connectivity index (χ3v) is 11.1. The van der Waals surface area contributed by atoms with Gasteiger partial charge < -0.3 is 62.0 Å². The minimum atomic E-state index is -1.38. The van der Waals surface area contributed by atoms with E-state index >= 15 is 0 Å². The van der Waals surface area contributed by atoms with Gasteiger partial charge in [-0.3, -0.25) is 19.4 Å². The highest BCUT2D eigenvalue weighted by Gasteiger charge is 2.52. The number of ether oxygens (including phenoxy) is 2. The van der Waals surface area contributed by atoms with Crippen LogP contribution in [0.25, 0.3) is 0 Å². The van der Waals surface area contributed by atoms with Crippen LogP contribution in [0.4, 0.5) is 0 Å². The summed E-state index contributed by atoms with van der Waals surface area (Å²) in [5.41, 5.74) is 11.6. The van der Waals surface area contributed by atoms with Crippen molar-refractivity contribution in [1.29, 1.82) is 0 Å². The van der Waals surface area contributed by atoms with Crippen LogP contribution in [-0.2, 0) is 30.3 Å². The summed E-state index contributed by atoms with van der Waals surface area (Å²) < 4.78 is 11.7. The maximum atomic E-state index is 14.9. The first-order valence-electron chi connectivity index (χ1n) is 20.1. The molecule has 0 radical (unpaired) electrons. The van der Waals surface area contributed by atoms with E-state index in [9.17, 15) is 39.9 Å². The lowest BCUT2D eigenvalue weighted by Gasteiger charge is -2.39. The lowest BCUT2D eigenvalue weighted by atomic mass is 9.83. The Labute approximate surface area is 324 Å². The number of nitrogens with one attached hydrogen (secondary N) is 2. The Hall–Kier alpha value is -3.54. The maximum absolute atomic E-state index is 14.9. The number of nitrogens with two attached hydrogens (primary N) is 2. The van der Waals surface area contributed by atoms with Gasteiger partial charge in [0.15, 0.2) is 12.2 Å². The van der Waals surface area contributed by atoms with Crippen molar-refractivity contribution in [2.45, 2.75) is 158 Å². The summed E-state index contributed by atoms with van der Waals surface area (Å²) in [6.45, 7) is 1.66. The standard InChI is InChI=1S/C39H64N6O10/c1-2-3-4-5-6-7-8-11-33(49)44-29(19-24-12-15-27(48)16-13-24)37(53)45-30-21-28(54-38-35(51)34(50)32(23-47)55-38)17-14-25(30)20-31(45)36(52)43-26(22-46)10-9-18-42-39(40)41/h12-13,15-16,25-26,28-32,34-35,38,46-48,50-51H,2-11,14,17-23H2,1H3,(H,43,52)(H,44,49)(H4,40,41,42)/t25-,26?,28?,29-,30-,31?,32?,34?,35?,38?/m0/s1. The van der Waals surface area contributed by atoms with Crippen LogP contribution in [0.15, 0.2) is 29.3 Å². The Morgan fingerprint density at radius 3 is 2.33 bits per heavy atom. The van der Waals surface area contributed by atoms with Gasteiger partial charge in [0.25, 0.3) is 0 Å². The third-order valence-electron chi connectivity index (χ3n) is 11.1. The monoisotopic (exact) mass is 776 g/mol. The zero-order valence-electron chi connectivity index (χ0n) is 32.1. The molecule has 1 saturated carbocycles. The van der Waals surface area contributed by atoms with E-state index in [4.69, 9.17) is 20.9 Å². The van der Waals surface area contributed by atoms with Crippen LogP contribution in [0.5, 0.6) is 5.75 Å². The van der Waals surface area contributed by atoms with Crippen LogP contribution in [0.3, 0.4) is 0 Å². The van der Waals surface area contributed by atoms with Crippen molar-refractivity contribution in [2.75, 3.05) is 19.8 Å². The number of phenolic OH excluding ortho intramolecular Hbond substituents is 1. The molecule has 0 bridgehead atoms. The van der Waals surface area contributed by atoms with Gasteiger partial charge in [-0.05, 0) is 68.6 Å². The van der Waals surface area contributed by atoms with Crippen LogP contribution >= 0.6 is 0 Å². The fourth-order valence-electron chi connectivity index (χ4n) is 8.07. The molecular weight excluding hydrogens is 712 g/mol. The van der Waals surface area contributed by atoms with Crippen LogP contribution < -0.4 is 22.1 Å². The number of aliphatic hydroxyl groups is 4. The number of aliphatic imine (C=N–C) groups is 1. The summed E-state index contributed by atoms with van der Waals surface area (Å²) in [4.78, 5) is 47.9. The summed E-state index contributed by atoms with van der Waals surface area (Å²) in [6, 6.07) is 3.39. The first-order valence-corrected chi connectivity index (χ1v) is 20.1. The first-order chi connectivity index (χ1) is 26.4. The van der Waals surface area contributed by atoms with E-state index in [0.29, 0.717) is 57.1 Å². The van der Waals surface area contributed by atoms with Crippen molar-refractivity contribution in [3.8, 4) is 5.75 Å². The molecule has 1 aliphatic carbocycles. The number of benzene rings is 1. The fraction of sp³-hybridized carbons (Fsp3) is 0.744. The maximum Gasteiger partial charge on any atom is 0.246 e. The molecule has 7 unspecified atom stereocenters. The van der Waals surface area contributed by atoms with E-state index in [2.05, 4.69) is 22.5 Å². The van der Waals surface area contributed by atoms with Crippen LogP contribution in [0.2, 0.25) is 0 Å². The number of rotatable bonds is 22. The Morgan fingerprint density at radius 1 is 0.964 bits per heavy atom. The van der Waals surface area contributed by atoms with Gasteiger partial charge in [0, 0.05) is 25.4 Å². The molecule has 3 amide bonds. The SMILES string of the molecule is CCCCCCCCCC(=O)N[C@@H](Cc1ccc(O)cc1)C(=O)N1C(C(=O)NC(CO)CCCN=C(N)N)C[C@@H]2CCC(OC3OC(CO)C(O)C3O)C[C@@H]21. The van der Waals surface area contributed by atoms with Crippen molar-refractivity contribution >= 4 is 23.7 Å². The van der Waals surface area contributed by atoms with E-state index in [0.717, 1.165) is 25.7 Å². The molecule has 2 aliphatic heterocycles. The number of hydrogen-bond acceptors (Lipinski definition) is 11.